The predicted molar refractivity (Wildman–Crippen MR) is 72.3 cm³/mol. The summed E-state index contributed by atoms with van der Waals surface area (Å²) in [4.78, 5) is 18.9. The number of fused-ring (bicyclic) bond motifs is 1. The molecule has 3 heterocycles. The molecule has 0 bridgehead atoms. The normalized spacial score (nSPS) is 10.9. The number of thiophene rings is 1. The lowest BCUT2D eigenvalue weighted by Gasteiger charge is -2.02. The molecule has 1 amide bonds. The SMILES string of the molecule is NC(=O)c1cc(-c2cc(N)nc3[nH]ccc23)cs1. The van der Waals surface area contributed by atoms with Gasteiger partial charge in [-0.05, 0) is 34.7 Å². The number of anilines is 1. The third-order valence-corrected chi connectivity index (χ3v) is 3.65. The monoisotopic (exact) mass is 258 g/mol. The molecule has 5 N–H and O–H groups in total. The van der Waals surface area contributed by atoms with E-state index < -0.39 is 5.91 Å². The molecular weight excluding hydrogens is 248 g/mol. The first-order valence-electron chi connectivity index (χ1n) is 5.27. The maximum Gasteiger partial charge on any atom is 0.258 e. The summed E-state index contributed by atoms with van der Waals surface area (Å²) in [6, 6.07) is 5.50. The van der Waals surface area contributed by atoms with Gasteiger partial charge in [-0.15, -0.1) is 11.3 Å². The van der Waals surface area contributed by atoms with E-state index in [2.05, 4.69) is 9.97 Å². The molecule has 0 saturated carbocycles. The number of H-pyrrole nitrogens is 1. The van der Waals surface area contributed by atoms with Crippen LogP contribution in [0.25, 0.3) is 22.2 Å². The first-order chi connectivity index (χ1) is 8.65. The Balaban J connectivity index is 2.23. The Labute approximate surface area is 106 Å². The van der Waals surface area contributed by atoms with Crippen LogP contribution in [0.2, 0.25) is 0 Å². The Morgan fingerprint density at radius 2 is 2.22 bits per heavy atom. The second-order valence-electron chi connectivity index (χ2n) is 3.90. The van der Waals surface area contributed by atoms with Crippen molar-refractivity contribution in [2.45, 2.75) is 0 Å². The maximum absolute atomic E-state index is 11.1. The highest BCUT2D eigenvalue weighted by Crippen LogP contribution is 2.32. The molecule has 3 rings (SSSR count). The first kappa shape index (κ1) is 10.8. The smallest absolute Gasteiger partial charge is 0.258 e. The largest absolute Gasteiger partial charge is 0.384 e. The zero-order chi connectivity index (χ0) is 12.7. The number of aromatic nitrogens is 2. The van der Waals surface area contributed by atoms with E-state index in [1.165, 1.54) is 11.3 Å². The second-order valence-corrected chi connectivity index (χ2v) is 4.81. The fourth-order valence-corrected chi connectivity index (χ4v) is 2.66. The van der Waals surface area contributed by atoms with Crippen LogP contribution in [-0.2, 0) is 0 Å². The average Bonchev–Trinajstić information content (AvgIpc) is 2.95. The lowest BCUT2D eigenvalue weighted by atomic mass is 10.1. The summed E-state index contributed by atoms with van der Waals surface area (Å²) in [7, 11) is 0. The predicted octanol–water partition coefficient (Wildman–Crippen LogP) is 1.97. The van der Waals surface area contributed by atoms with Crippen LogP contribution in [0.1, 0.15) is 9.67 Å². The van der Waals surface area contributed by atoms with E-state index in [0.29, 0.717) is 10.7 Å². The van der Waals surface area contributed by atoms with Gasteiger partial charge in [0.2, 0.25) is 0 Å². The fourth-order valence-electron chi connectivity index (χ4n) is 1.90. The highest BCUT2D eigenvalue weighted by molar-refractivity contribution is 7.12. The van der Waals surface area contributed by atoms with Gasteiger partial charge < -0.3 is 16.5 Å². The van der Waals surface area contributed by atoms with Gasteiger partial charge >= 0.3 is 0 Å². The van der Waals surface area contributed by atoms with Crippen molar-refractivity contribution in [1.29, 1.82) is 0 Å². The number of carbonyl (C=O) groups excluding carboxylic acids is 1. The summed E-state index contributed by atoms with van der Waals surface area (Å²) in [6.45, 7) is 0. The van der Waals surface area contributed by atoms with E-state index in [1.54, 1.807) is 12.1 Å². The van der Waals surface area contributed by atoms with Gasteiger partial charge in [0.05, 0.1) is 4.88 Å². The number of nitrogens with two attached hydrogens (primary N) is 2. The first-order valence-corrected chi connectivity index (χ1v) is 6.15. The summed E-state index contributed by atoms with van der Waals surface area (Å²) in [5.74, 6) is 0.0189. The molecule has 0 aliphatic carbocycles. The van der Waals surface area contributed by atoms with Crippen LogP contribution in [0.5, 0.6) is 0 Å². The fraction of sp³-hybridized carbons (Fsp3) is 0. The van der Waals surface area contributed by atoms with Gasteiger partial charge in [-0.1, -0.05) is 0 Å². The Morgan fingerprint density at radius 1 is 1.39 bits per heavy atom. The highest BCUT2D eigenvalue weighted by atomic mass is 32.1. The summed E-state index contributed by atoms with van der Waals surface area (Å²) in [5.41, 5.74) is 13.6. The lowest BCUT2D eigenvalue weighted by molar-refractivity contribution is 0.100. The second kappa shape index (κ2) is 3.85. The van der Waals surface area contributed by atoms with Crippen LogP contribution in [-0.4, -0.2) is 15.9 Å². The molecular formula is C12H10N4OS. The molecule has 5 nitrogen and oxygen atoms in total. The molecule has 0 fully saturated rings. The summed E-state index contributed by atoms with van der Waals surface area (Å²) >= 11 is 1.32. The molecule has 3 aromatic heterocycles. The van der Waals surface area contributed by atoms with E-state index in [0.717, 1.165) is 22.2 Å². The van der Waals surface area contributed by atoms with Crippen LogP contribution < -0.4 is 11.5 Å². The third kappa shape index (κ3) is 1.63. The average molecular weight is 258 g/mol. The molecule has 18 heavy (non-hydrogen) atoms. The molecule has 0 saturated heterocycles. The molecule has 90 valence electrons. The van der Waals surface area contributed by atoms with E-state index in [1.807, 2.05) is 17.6 Å². The maximum atomic E-state index is 11.1. The van der Waals surface area contributed by atoms with E-state index >= 15 is 0 Å². The summed E-state index contributed by atoms with van der Waals surface area (Å²) < 4.78 is 0. The molecule has 0 aromatic carbocycles. The van der Waals surface area contributed by atoms with Gasteiger partial charge in [0.1, 0.15) is 11.5 Å². The summed E-state index contributed by atoms with van der Waals surface area (Å²) in [5, 5.41) is 2.86. The molecule has 0 spiro atoms. The zero-order valence-corrected chi connectivity index (χ0v) is 10.1. The van der Waals surface area contributed by atoms with Crippen molar-refractivity contribution in [3.8, 4) is 11.1 Å². The van der Waals surface area contributed by atoms with Crippen molar-refractivity contribution in [1.82, 2.24) is 9.97 Å². The lowest BCUT2D eigenvalue weighted by Crippen LogP contribution is -2.08. The van der Waals surface area contributed by atoms with Crippen molar-refractivity contribution in [2.75, 3.05) is 5.73 Å². The number of amides is 1. The van der Waals surface area contributed by atoms with Crippen LogP contribution in [0.15, 0.2) is 29.8 Å². The van der Waals surface area contributed by atoms with Crippen LogP contribution in [0.4, 0.5) is 5.82 Å². The van der Waals surface area contributed by atoms with Crippen LogP contribution >= 0.6 is 11.3 Å². The number of nitrogen functional groups attached to an aromatic ring is 1. The van der Waals surface area contributed by atoms with Crippen molar-refractivity contribution in [3.05, 3.63) is 34.7 Å². The van der Waals surface area contributed by atoms with Crippen molar-refractivity contribution >= 4 is 34.1 Å². The Kier molecular flexibility index (Phi) is 2.31. The van der Waals surface area contributed by atoms with E-state index in [4.69, 9.17) is 11.5 Å². The molecule has 3 aromatic rings. The minimum Gasteiger partial charge on any atom is -0.384 e. The van der Waals surface area contributed by atoms with Gasteiger partial charge in [-0.2, -0.15) is 0 Å². The van der Waals surface area contributed by atoms with E-state index in [-0.39, 0.29) is 0 Å². The van der Waals surface area contributed by atoms with Gasteiger partial charge in [-0.25, -0.2) is 4.98 Å². The van der Waals surface area contributed by atoms with Crippen molar-refractivity contribution < 1.29 is 4.79 Å². The molecule has 0 aliphatic heterocycles. The molecule has 0 aliphatic rings. The van der Waals surface area contributed by atoms with Crippen molar-refractivity contribution in [2.24, 2.45) is 5.73 Å². The van der Waals surface area contributed by atoms with Gasteiger partial charge in [0.15, 0.2) is 0 Å². The minimum absolute atomic E-state index is 0.418. The number of pyridine rings is 1. The number of rotatable bonds is 2. The number of hydrogen-bond acceptors (Lipinski definition) is 4. The number of hydrogen-bond donors (Lipinski definition) is 3. The Bertz CT molecular complexity index is 743. The Morgan fingerprint density at radius 3 is 2.94 bits per heavy atom. The number of aromatic amines is 1. The zero-order valence-electron chi connectivity index (χ0n) is 9.31. The summed E-state index contributed by atoms with van der Waals surface area (Å²) in [6.07, 6.45) is 1.81. The van der Waals surface area contributed by atoms with Gasteiger partial charge in [-0.3, -0.25) is 4.79 Å². The molecule has 0 atom stereocenters. The minimum atomic E-state index is -0.418. The Hall–Kier alpha value is -2.34. The molecule has 0 unspecified atom stereocenters. The molecule has 6 heteroatoms. The molecule has 0 radical (unpaired) electrons. The number of primary amides is 1. The van der Waals surface area contributed by atoms with Gasteiger partial charge in [0.25, 0.3) is 5.91 Å². The highest BCUT2D eigenvalue weighted by Gasteiger charge is 2.11. The third-order valence-electron chi connectivity index (χ3n) is 2.70. The van der Waals surface area contributed by atoms with Crippen LogP contribution in [0, 0.1) is 0 Å². The van der Waals surface area contributed by atoms with Crippen molar-refractivity contribution in [3.63, 3.8) is 0 Å². The van der Waals surface area contributed by atoms with E-state index in [9.17, 15) is 4.79 Å². The topological polar surface area (TPSA) is 97.8 Å². The number of carbonyl (C=O) groups is 1. The number of nitrogens with one attached hydrogen (secondary N) is 1. The van der Waals surface area contributed by atoms with Crippen LogP contribution in [0.3, 0.4) is 0 Å². The van der Waals surface area contributed by atoms with Gasteiger partial charge in [0, 0.05) is 11.6 Å². The standard InChI is InChI=1S/C12H10N4OS/c13-10-4-8(7-1-2-15-12(7)16-10)6-3-9(11(14)17)18-5-6/h1-5H,(H2,14,17)(H3,13,15,16). The quantitative estimate of drug-likeness (QED) is 0.655. The number of nitrogens with zero attached hydrogens (tertiary/aromatic N) is 1.